The van der Waals surface area contributed by atoms with E-state index in [9.17, 15) is 0 Å². The zero-order chi connectivity index (χ0) is 38.7. The number of hydrogen-bond donors (Lipinski definition) is 0. The van der Waals surface area contributed by atoms with Crippen molar-refractivity contribution in [2.24, 2.45) is 29.6 Å². The number of fused-ring (bicyclic) bond motifs is 6. The smallest absolute Gasteiger partial charge is 0.137 e. The van der Waals surface area contributed by atoms with Crippen LogP contribution in [-0.4, -0.2) is 0 Å². The molecule has 3 unspecified atom stereocenters. The van der Waals surface area contributed by atoms with Gasteiger partial charge >= 0.3 is 0 Å². The van der Waals surface area contributed by atoms with Crippen molar-refractivity contribution < 1.29 is 4.42 Å². The van der Waals surface area contributed by atoms with Crippen LogP contribution in [0.4, 0.5) is 17.1 Å². The first-order chi connectivity index (χ1) is 29.1. The zero-order valence-corrected chi connectivity index (χ0v) is 33.8. The lowest BCUT2D eigenvalue weighted by Crippen LogP contribution is -2.48. The van der Waals surface area contributed by atoms with Gasteiger partial charge in [-0.1, -0.05) is 110 Å². The molecule has 2 nitrogen and oxygen atoms in total. The average Bonchev–Trinajstić information content (AvgIpc) is 4.02. The quantitative estimate of drug-likeness (QED) is 0.161. The molecule has 0 N–H and O–H groups in total. The van der Waals surface area contributed by atoms with Crippen LogP contribution in [0.25, 0.3) is 55.0 Å². The number of nitrogens with zero attached hydrogens (tertiary/aromatic N) is 1. The predicted octanol–water partition coefficient (Wildman–Crippen LogP) is 15.9. The summed E-state index contributed by atoms with van der Waals surface area (Å²) in [5.41, 5.74) is 13.8. The van der Waals surface area contributed by atoms with Crippen molar-refractivity contribution in [1.29, 1.82) is 0 Å². The van der Waals surface area contributed by atoms with Crippen LogP contribution in [0.2, 0.25) is 0 Å². The highest BCUT2D eigenvalue weighted by molar-refractivity contribution is 6.14. The van der Waals surface area contributed by atoms with Crippen molar-refractivity contribution in [3.63, 3.8) is 0 Å². The Morgan fingerprint density at radius 3 is 1.90 bits per heavy atom. The molecule has 0 aliphatic heterocycles. The molecule has 0 spiro atoms. The van der Waals surface area contributed by atoms with Crippen LogP contribution in [0.1, 0.15) is 81.3 Å². The molecule has 0 amide bonds. The lowest BCUT2D eigenvalue weighted by atomic mass is 9.48. The van der Waals surface area contributed by atoms with E-state index in [4.69, 9.17) is 4.42 Å². The fourth-order valence-corrected chi connectivity index (χ4v) is 13.9. The van der Waals surface area contributed by atoms with Gasteiger partial charge in [-0.3, -0.25) is 0 Å². The van der Waals surface area contributed by atoms with Gasteiger partial charge in [0.05, 0.1) is 11.1 Å². The van der Waals surface area contributed by atoms with E-state index < -0.39 is 0 Å². The summed E-state index contributed by atoms with van der Waals surface area (Å²) >= 11 is 0. The van der Waals surface area contributed by atoms with Crippen molar-refractivity contribution >= 4 is 49.8 Å². The zero-order valence-electron chi connectivity index (χ0n) is 33.8. The number of rotatable bonds is 7. The summed E-state index contributed by atoms with van der Waals surface area (Å²) in [6.07, 6.45) is 14.3. The minimum atomic E-state index is 0.415. The molecule has 14 rings (SSSR count). The number of furan rings is 1. The van der Waals surface area contributed by atoms with Crippen LogP contribution in [-0.2, 0) is 5.41 Å². The lowest BCUT2D eigenvalue weighted by molar-refractivity contribution is -0.00518. The summed E-state index contributed by atoms with van der Waals surface area (Å²) in [4.78, 5) is 2.46. The molecule has 0 saturated heterocycles. The summed E-state index contributed by atoms with van der Waals surface area (Å²) in [5.74, 6) is 5.35. The van der Waals surface area contributed by atoms with Crippen molar-refractivity contribution in [3.05, 3.63) is 163 Å². The van der Waals surface area contributed by atoms with E-state index in [1.54, 1.807) is 5.56 Å². The van der Waals surface area contributed by atoms with Crippen LogP contribution in [0.3, 0.4) is 0 Å². The molecule has 6 aliphatic rings. The Bertz CT molecular complexity index is 2840. The monoisotopic (exact) mass is 765 g/mol. The Balaban J connectivity index is 0.907. The van der Waals surface area contributed by atoms with Crippen molar-refractivity contribution in [3.8, 4) is 22.3 Å². The molecule has 1 heterocycles. The van der Waals surface area contributed by atoms with E-state index in [0.717, 1.165) is 62.9 Å². The summed E-state index contributed by atoms with van der Waals surface area (Å²) < 4.78 is 6.67. The number of anilines is 3. The van der Waals surface area contributed by atoms with Gasteiger partial charge in [0, 0.05) is 16.8 Å². The maximum Gasteiger partial charge on any atom is 0.137 e. The molecule has 3 atom stereocenters. The van der Waals surface area contributed by atoms with Crippen LogP contribution >= 0.6 is 0 Å². The van der Waals surface area contributed by atoms with E-state index in [1.165, 1.54) is 108 Å². The normalized spacial score (nSPS) is 26.7. The van der Waals surface area contributed by atoms with Crippen molar-refractivity contribution in [2.75, 3.05) is 4.90 Å². The number of benzene rings is 7. The molecule has 59 heavy (non-hydrogen) atoms. The first-order valence-electron chi connectivity index (χ1n) is 22.7. The summed E-state index contributed by atoms with van der Waals surface area (Å²) in [6.45, 7) is 0. The van der Waals surface area contributed by atoms with E-state index in [2.05, 4.69) is 157 Å². The van der Waals surface area contributed by atoms with Crippen LogP contribution in [0, 0.1) is 29.6 Å². The standard InChI is InChI=1S/C57H51NO/c1-2-7-49-41(5-1)6-3-8-50(49)42-15-22-47(23-16-42)58(48-24-17-43(18-25-48)51-31-36-11-12-45(51)30-36)53-9-4-10-55-56(53)52-32-44(19-26-54(52)59-55)40-13-20-46(21-14-40)57-33-37-27-38(34-57)29-39(28-37)35-57/h1-10,13-26,32,36-39,45,51H,11-12,27-31,33-35H2. The van der Waals surface area contributed by atoms with E-state index >= 15 is 0 Å². The Hall–Kier alpha value is -5.60. The van der Waals surface area contributed by atoms with Crippen molar-refractivity contribution in [1.82, 2.24) is 0 Å². The Kier molecular flexibility index (Phi) is 7.67. The van der Waals surface area contributed by atoms with Gasteiger partial charge in [-0.15, -0.1) is 0 Å². The van der Waals surface area contributed by atoms with E-state index in [-0.39, 0.29) is 0 Å². The molecule has 7 aromatic carbocycles. The Labute approximate surface area is 347 Å². The third kappa shape index (κ3) is 5.58. The van der Waals surface area contributed by atoms with Gasteiger partial charge in [0.1, 0.15) is 11.2 Å². The van der Waals surface area contributed by atoms with Gasteiger partial charge in [0.15, 0.2) is 0 Å². The second-order valence-corrected chi connectivity index (χ2v) is 19.5. The molecule has 6 saturated carbocycles. The second-order valence-electron chi connectivity index (χ2n) is 19.5. The Morgan fingerprint density at radius 1 is 0.492 bits per heavy atom. The van der Waals surface area contributed by atoms with Gasteiger partial charge in [-0.05, 0) is 191 Å². The third-order valence-electron chi connectivity index (χ3n) is 16.1. The predicted molar refractivity (Wildman–Crippen MR) is 245 cm³/mol. The Morgan fingerprint density at radius 2 is 1.17 bits per heavy atom. The topological polar surface area (TPSA) is 16.4 Å². The molecule has 8 aromatic rings. The minimum Gasteiger partial charge on any atom is -0.456 e. The van der Waals surface area contributed by atoms with Crippen LogP contribution < -0.4 is 4.90 Å². The lowest BCUT2D eigenvalue weighted by Gasteiger charge is -2.57. The second kappa shape index (κ2) is 13.2. The summed E-state index contributed by atoms with van der Waals surface area (Å²) in [6, 6.07) is 57.3. The molecule has 2 heteroatoms. The fourth-order valence-electron chi connectivity index (χ4n) is 13.9. The summed E-state index contributed by atoms with van der Waals surface area (Å²) in [7, 11) is 0. The molecule has 290 valence electrons. The first kappa shape index (κ1) is 34.3. The summed E-state index contributed by atoms with van der Waals surface area (Å²) in [5, 5.41) is 4.87. The molecule has 1 aromatic heterocycles. The van der Waals surface area contributed by atoms with Gasteiger partial charge in [-0.2, -0.15) is 0 Å². The average molecular weight is 766 g/mol. The highest BCUT2D eigenvalue weighted by Crippen LogP contribution is 2.61. The molecule has 6 fully saturated rings. The number of hydrogen-bond acceptors (Lipinski definition) is 2. The van der Waals surface area contributed by atoms with Gasteiger partial charge in [0.2, 0.25) is 0 Å². The van der Waals surface area contributed by atoms with Crippen LogP contribution in [0.15, 0.2) is 156 Å². The van der Waals surface area contributed by atoms with E-state index in [0.29, 0.717) is 11.3 Å². The maximum absolute atomic E-state index is 6.67. The molecule has 6 bridgehead atoms. The largest absolute Gasteiger partial charge is 0.456 e. The van der Waals surface area contributed by atoms with E-state index in [1.807, 2.05) is 0 Å². The van der Waals surface area contributed by atoms with Crippen molar-refractivity contribution in [2.45, 2.75) is 75.5 Å². The van der Waals surface area contributed by atoms with Gasteiger partial charge < -0.3 is 9.32 Å². The SMILES string of the molecule is c1ccc2c(-c3ccc(N(c4ccc(C5CC6CCC5C6)cc4)c4cccc5oc6ccc(-c7ccc(C89CC%10CC(CC(C%10)C8)C9)cc7)cc6c45)cc3)cccc2c1. The third-order valence-corrected chi connectivity index (χ3v) is 16.1. The molecular formula is C57H51NO. The molecule has 0 radical (unpaired) electrons. The molecular weight excluding hydrogens is 715 g/mol. The van der Waals surface area contributed by atoms with Gasteiger partial charge in [-0.25, -0.2) is 0 Å². The molecule has 6 aliphatic carbocycles. The van der Waals surface area contributed by atoms with Crippen LogP contribution in [0.5, 0.6) is 0 Å². The minimum absolute atomic E-state index is 0.415. The first-order valence-corrected chi connectivity index (χ1v) is 22.7. The fraction of sp³-hybridized carbons (Fsp3) is 0.298. The maximum atomic E-state index is 6.67. The van der Waals surface area contributed by atoms with Gasteiger partial charge in [0.25, 0.3) is 0 Å². The highest BCUT2D eigenvalue weighted by Gasteiger charge is 2.51. The highest BCUT2D eigenvalue weighted by atomic mass is 16.3.